The van der Waals surface area contributed by atoms with Crippen LogP contribution in [0.2, 0.25) is 0 Å². The predicted octanol–water partition coefficient (Wildman–Crippen LogP) is 1.41. The molecule has 0 radical (unpaired) electrons. The molecule has 0 aliphatic heterocycles. The molecule has 1 rings (SSSR count). The van der Waals surface area contributed by atoms with Crippen LogP contribution in [0.5, 0.6) is 11.5 Å². The summed E-state index contributed by atoms with van der Waals surface area (Å²) in [4.78, 5) is 0. The topological polar surface area (TPSA) is 40.5 Å². The number of benzene rings is 1. The van der Waals surface area contributed by atoms with Gasteiger partial charge in [0, 0.05) is 4.11 Å². The maximum atomic E-state index is 8.96. The van der Waals surface area contributed by atoms with Crippen LogP contribution in [-0.4, -0.2) is 10.2 Å². The highest BCUT2D eigenvalue weighted by atomic mass is 16.3. The van der Waals surface area contributed by atoms with Gasteiger partial charge in [0.05, 0.1) is 0 Å². The molecule has 0 aliphatic rings. The molecule has 1 aromatic rings. The Labute approximate surface area is 57.6 Å². The van der Waals surface area contributed by atoms with Crippen molar-refractivity contribution in [2.75, 3.05) is 0 Å². The summed E-state index contributed by atoms with van der Waals surface area (Å²) in [6.07, 6.45) is 0. The third kappa shape index (κ3) is 1.13. The summed E-state index contributed by atoms with van der Waals surface area (Å²) in [5.41, 5.74) is 0.0119. The Morgan fingerprint density at radius 2 is 2.11 bits per heavy atom. The lowest BCUT2D eigenvalue weighted by atomic mass is 10.2. The van der Waals surface area contributed by atoms with Crippen LogP contribution in [0.15, 0.2) is 18.2 Å². The van der Waals surface area contributed by atoms with E-state index in [1.165, 1.54) is 6.07 Å². The lowest BCUT2D eigenvalue weighted by Gasteiger charge is -1.95. The fourth-order valence-electron chi connectivity index (χ4n) is 0.523. The van der Waals surface area contributed by atoms with Gasteiger partial charge in [-0.3, -0.25) is 0 Å². The Hall–Kier alpha value is -1.18. The van der Waals surface area contributed by atoms with Crippen molar-refractivity contribution in [2.45, 2.75) is 6.85 Å². The summed E-state index contributed by atoms with van der Waals surface area (Å²) in [5, 5.41) is 17.8. The second-order valence-corrected chi connectivity index (χ2v) is 1.70. The second-order valence-electron chi connectivity index (χ2n) is 1.70. The molecule has 2 heteroatoms. The van der Waals surface area contributed by atoms with Gasteiger partial charge in [-0.1, -0.05) is 6.07 Å². The van der Waals surface area contributed by atoms with Crippen LogP contribution in [0, 0.1) is 6.85 Å². The van der Waals surface area contributed by atoms with Crippen molar-refractivity contribution in [3.8, 4) is 11.5 Å². The van der Waals surface area contributed by atoms with Gasteiger partial charge < -0.3 is 10.2 Å². The number of aryl methyl sites for hydroxylation is 1. The van der Waals surface area contributed by atoms with Crippen LogP contribution >= 0.6 is 0 Å². The lowest BCUT2D eigenvalue weighted by Crippen LogP contribution is -1.70. The molecule has 0 heterocycles. The van der Waals surface area contributed by atoms with Crippen LogP contribution < -0.4 is 0 Å². The number of rotatable bonds is 0. The van der Waals surface area contributed by atoms with Gasteiger partial charge in [0.2, 0.25) is 0 Å². The molecular formula is C7H8O2. The van der Waals surface area contributed by atoms with Crippen molar-refractivity contribution in [2.24, 2.45) is 0 Å². The van der Waals surface area contributed by atoms with Gasteiger partial charge in [-0.25, -0.2) is 0 Å². The first-order chi connectivity index (χ1) is 5.41. The van der Waals surface area contributed by atoms with Gasteiger partial charge in [0.1, 0.15) is 0 Å². The van der Waals surface area contributed by atoms with E-state index in [9.17, 15) is 0 Å². The summed E-state index contributed by atoms with van der Waals surface area (Å²) < 4.78 is 20.9. The highest BCUT2D eigenvalue weighted by molar-refractivity contribution is 5.39. The maximum absolute atomic E-state index is 8.96. The Balaban J connectivity index is 3.14. The summed E-state index contributed by atoms with van der Waals surface area (Å²) >= 11 is 0. The van der Waals surface area contributed by atoms with Crippen molar-refractivity contribution >= 4 is 0 Å². The first-order valence-corrected chi connectivity index (χ1v) is 2.44. The van der Waals surface area contributed by atoms with E-state index >= 15 is 0 Å². The Morgan fingerprint density at radius 3 is 2.67 bits per heavy atom. The van der Waals surface area contributed by atoms with Gasteiger partial charge in [-0.15, -0.1) is 0 Å². The molecule has 9 heavy (non-hydrogen) atoms. The van der Waals surface area contributed by atoms with Gasteiger partial charge in [0.25, 0.3) is 0 Å². The second kappa shape index (κ2) is 1.97. The van der Waals surface area contributed by atoms with Crippen LogP contribution in [0.3, 0.4) is 0 Å². The van der Waals surface area contributed by atoms with E-state index in [0.717, 1.165) is 12.1 Å². The third-order valence-electron chi connectivity index (χ3n) is 0.975. The molecule has 0 unspecified atom stereocenters. The highest BCUT2D eigenvalue weighted by Gasteiger charge is 1.94. The fraction of sp³-hybridized carbons (Fsp3) is 0.143. The molecule has 48 valence electrons. The van der Waals surface area contributed by atoms with Crippen LogP contribution in [0.25, 0.3) is 0 Å². The van der Waals surface area contributed by atoms with E-state index in [0.29, 0.717) is 0 Å². The molecule has 0 aliphatic carbocycles. The van der Waals surface area contributed by atoms with E-state index in [1.807, 2.05) is 0 Å². The van der Waals surface area contributed by atoms with Crippen molar-refractivity contribution < 1.29 is 14.3 Å². The molecule has 1 aromatic carbocycles. The largest absolute Gasteiger partial charge is 0.504 e. The van der Waals surface area contributed by atoms with Gasteiger partial charge in [-0.2, -0.15) is 0 Å². The molecule has 2 nitrogen and oxygen atoms in total. The Kier molecular flexibility index (Phi) is 0.681. The smallest absolute Gasteiger partial charge is 0.157 e. The highest BCUT2D eigenvalue weighted by Crippen LogP contribution is 2.23. The summed E-state index contributed by atoms with van der Waals surface area (Å²) in [6.45, 7) is -2.24. The number of phenolic OH excluding ortho intramolecular Hbond substituents is 2. The fourth-order valence-corrected chi connectivity index (χ4v) is 0.523. The molecule has 0 atom stereocenters. The van der Waals surface area contributed by atoms with Crippen LogP contribution in [0.1, 0.15) is 9.68 Å². The van der Waals surface area contributed by atoms with Crippen LogP contribution in [-0.2, 0) is 0 Å². The zero-order valence-corrected chi connectivity index (χ0v) is 4.63. The first kappa shape index (κ1) is 3.11. The molecule has 0 amide bonds. The molecule has 0 aromatic heterocycles. The average Bonchev–Trinajstić information content (AvgIpc) is 1.92. The first-order valence-electron chi connectivity index (χ1n) is 3.94. The summed E-state index contributed by atoms with van der Waals surface area (Å²) in [6, 6.07) is 3.43. The van der Waals surface area contributed by atoms with Crippen molar-refractivity contribution in [1.82, 2.24) is 0 Å². The SMILES string of the molecule is [2H]C([2H])([2H])c1ccc(O)c(O)c1. The van der Waals surface area contributed by atoms with Gasteiger partial charge in [-0.05, 0) is 24.5 Å². The lowest BCUT2D eigenvalue weighted by molar-refractivity contribution is 0.403. The van der Waals surface area contributed by atoms with E-state index in [4.69, 9.17) is 14.3 Å². The average molecular weight is 127 g/mol. The quantitative estimate of drug-likeness (QED) is 0.517. The van der Waals surface area contributed by atoms with Crippen LogP contribution in [0.4, 0.5) is 0 Å². The monoisotopic (exact) mass is 127 g/mol. The van der Waals surface area contributed by atoms with Crippen molar-refractivity contribution in [3.05, 3.63) is 23.8 Å². The molecule has 0 bridgehead atoms. The number of phenols is 2. The van der Waals surface area contributed by atoms with E-state index < -0.39 is 12.6 Å². The van der Waals surface area contributed by atoms with E-state index in [1.54, 1.807) is 0 Å². The maximum Gasteiger partial charge on any atom is 0.157 e. The molecule has 0 spiro atoms. The zero-order chi connectivity index (χ0) is 9.35. The minimum atomic E-state index is -2.24. The van der Waals surface area contributed by atoms with Crippen molar-refractivity contribution in [3.63, 3.8) is 0 Å². The predicted molar refractivity (Wildman–Crippen MR) is 34.5 cm³/mol. The third-order valence-corrected chi connectivity index (χ3v) is 0.975. The van der Waals surface area contributed by atoms with Crippen molar-refractivity contribution in [1.29, 1.82) is 0 Å². The summed E-state index contributed by atoms with van der Waals surface area (Å²) in [5.74, 6) is -0.730. The minimum absolute atomic E-state index is 0.0119. The van der Waals surface area contributed by atoms with Gasteiger partial charge >= 0.3 is 0 Å². The number of hydrogen-bond donors (Lipinski definition) is 2. The zero-order valence-electron chi connectivity index (χ0n) is 7.63. The Bertz CT molecular complexity index is 293. The summed E-state index contributed by atoms with van der Waals surface area (Å²) in [7, 11) is 0. The molecule has 0 saturated heterocycles. The molecule has 0 fully saturated rings. The molecule has 2 N–H and O–H groups in total. The normalized spacial score (nSPS) is 15.8. The van der Waals surface area contributed by atoms with Gasteiger partial charge in [0.15, 0.2) is 11.5 Å². The molecular weight excluding hydrogens is 116 g/mol. The number of aromatic hydroxyl groups is 2. The minimum Gasteiger partial charge on any atom is -0.504 e. The standard InChI is InChI=1S/C7H8O2/c1-5-2-3-6(8)7(9)4-5/h2-4,8-9H,1H3/i1D3. The number of hydrogen-bond acceptors (Lipinski definition) is 2. The Morgan fingerprint density at radius 1 is 1.33 bits per heavy atom. The van der Waals surface area contributed by atoms with E-state index in [-0.39, 0.29) is 11.3 Å². The molecule has 0 saturated carbocycles. The van der Waals surface area contributed by atoms with E-state index in [2.05, 4.69) is 0 Å².